The van der Waals surface area contributed by atoms with Crippen LogP contribution in [0.1, 0.15) is 25.3 Å². The summed E-state index contributed by atoms with van der Waals surface area (Å²) in [5, 5.41) is 12.7. The Morgan fingerprint density at radius 2 is 1.88 bits per heavy atom. The number of hydrogen-bond acceptors (Lipinski definition) is 3. The minimum Gasteiger partial charge on any atom is -0.508 e. The third-order valence-electron chi connectivity index (χ3n) is 3.52. The van der Waals surface area contributed by atoms with Gasteiger partial charge in [-0.05, 0) is 36.0 Å². The molecule has 17 heavy (non-hydrogen) atoms. The fraction of sp³-hybridized carbons (Fsp3) is 0.571. The summed E-state index contributed by atoms with van der Waals surface area (Å²) in [6.07, 6.45) is 2.27. The number of phenolic OH excluding ortho intramolecular Hbond substituents is 1. The molecule has 0 aliphatic carbocycles. The van der Waals surface area contributed by atoms with E-state index in [1.54, 1.807) is 12.1 Å². The quantitative estimate of drug-likeness (QED) is 0.841. The predicted octanol–water partition coefficient (Wildman–Crippen LogP) is 2.30. The highest BCUT2D eigenvalue weighted by Crippen LogP contribution is 2.28. The third kappa shape index (κ3) is 3.72. The van der Waals surface area contributed by atoms with Crippen molar-refractivity contribution in [3.8, 4) is 5.75 Å². The van der Waals surface area contributed by atoms with Gasteiger partial charge in [-0.3, -0.25) is 0 Å². The van der Waals surface area contributed by atoms with Crippen LogP contribution in [-0.2, 0) is 11.3 Å². The summed E-state index contributed by atoms with van der Waals surface area (Å²) in [6, 6.07) is 7.36. The smallest absolute Gasteiger partial charge is 0.115 e. The van der Waals surface area contributed by atoms with E-state index in [-0.39, 0.29) is 0 Å². The van der Waals surface area contributed by atoms with Crippen LogP contribution >= 0.6 is 0 Å². The van der Waals surface area contributed by atoms with Crippen molar-refractivity contribution in [3.05, 3.63) is 29.8 Å². The van der Waals surface area contributed by atoms with Gasteiger partial charge in [0.15, 0.2) is 0 Å². The minimum absolute atomic E-state index is 0.324. The van der Waals surface area contributed by atoms with Crippen LogP contribution in [-0.4, -0.2) is 24.9 Å². The Morgan fingerprint density at radius 3 is 2.53 bits per heavy atom. The minimum atomic E-state index is 0.324. The van der Waals surface area contributed by atoms with Gasteiger partial charge in [0, 0.05) is 26.3 Å². The first-order valence-electron chi connectivity index (χ1n) is 6.24. The molecule has 0 amide bonds. The maximum absolute atomic E-state index is 9.19. The van der Waals surface area contributed by atoms with Gasteiger partial charge >= 0.3 is 0 Å². The molecular weight excluding hydrogens is 214 g/mol. The Labute approximate surface area is 103 Å². The molecule has 2 N–H and O–H groups in total. The Balaban J connectivity index is 1.77. The lowest BCUT2D eigenvalue weighted by molar-refractivity contribution is 0.0240. The van der Waals surface area contributed by atoms with E-state index in [9.17, 15) is 5.11 Å². The number of benzene rings is 1. The van der Waals surface area contributed by atoms with E-state index in [0.29, 0.717) is 11.2 Å². The maximum Gasteiger partial charge on any atom is 0.115 e. The normalized spacial score (nSPS) is 19.1. The topological polar surface area (TPSA) is 41.5 Å². The van der Waals surface area contributed by atoms with Crippen LogP contribution in [0, 0.1) is 5.41 Å². The monoisotopic (exact) mass is 235 g/mol. The summed E-state index contributed by atoms with van der Waals surface area (Å²) >= 11 is 0. The van der Waals surface area contributed by atoms with Crippen LogP contribution in [0.25, 0.3) is 0 Å². The molecule has 2 rings (SSSR count). The van der Waals surface area contributed by atoms with E-state index in [4.69, 9.17) is 4.74 Å². The molecule has 94 valence electrons. The molecule has 3 heteroatoms. The van der Waals surface area contributed by atoms with Crippen molar-refractivity contribution in [2.24, 2.45) is 5.41 Å². The van der Waals surface area contributed by atoms with Gasteiger partial charge in [-0.1, -0.05) is 19.1 Å². The second-order valence-corrected chi connectivity index (χ2v) is 5.19. The number of phenols is 1. The molecule has 1 fully saturated rings. The first-order chi connectivity index (χ1) is 8.18. The van der Waals surface area contributed by atoms with Crippen LogP contribution in [0.3, 0.4) is 0 Å². The second kappa shape index (κ2) is 5.52. The average molecular weight is 235 g/mol. The highest BCUT2D eigenvalue weighted by Gasteiger charge is 2.26. The summed E-state index contributed by atoms with van der Waals surface area (Å²) < 4.78 is 5.39. The Morgan fingerprint density at radius 1 is 1.24 bits per heavy atom. The van der Waals surface area contributed by atoms with Crippen molar-refractivity contribution in [1.29, 1.82) is 0 Å². The predicted molar refractivity (Wildman–Crippen MR) is 68.0 cm³/mol. The summed E-state index contributed by atoms with van der Waals surface area (Å²) in [5.41, 5.74) is 1.58. The maximum atomic E-state index is 9.19. The number of hydrogen-bond donors (Lipinski definition) is 2. The number of aromatic hydroxyl groups is 1. The molecule has 1 aliphatic heterocycles. The molecular formula is C14H21NO2. The molecule has 0 radical (unpaired) electrons. The van der Waals surface area contributed by atoms with Gasteiger partial charge in [-0.15, -0.1) is 0 Å². The molecule has 3 nitrogen and oxygen atoms in total. The van der Waals surface area contributed by atoms with E-state index in [0.717, 1.165) is 39.1 Å². The summed E-state index contributed by atoms with van der Waals surface area (Å²) in [5.74, 6) is 0.324. The Hall–Kier alpha value is -1.06. The molecule has 0 saturated carbocycles. The SMILES string of the molecule is CC1(CNCc2ccc(O)cc2)CCOCC1. The molecule has 1 aromatic carbocycles. The van der Waals surface area contributed by atoms with Gasteiger partial charge < -0.3 is 15.2 Å². The highest BCUT2D eigenvalue weighted by molar-refractivity contribution is 5.25. The molecule has 0 bridgehead atoms. The third-order valence-corrected chi connectivity index (χ3v) is 3.52. The zero-order chi connectivity index (χ0) is 12.1. The first-order valence-corrected chi connectivity index (χ1v) is 6.24. The molecule has 1 saturated heterocycles. The van der Waals surface area contributed by atoms with Crippen molar-refractivity contribution < 1.29 is 9.84 Å². The van der Waals surface area contributed by atoms with Gasteiger partial charge in [0.25, 0.3) is 0 Å². The molecule has 0 atom stereocenters. The van der Waals surface area contributed by atoms with Gasteiger partial charge in [-0.25, -0.2) is 0 Å². The zero-order valence-corrected chi connectivity index (χ0v) is 10.4. The van der Waals surface area contributed by atoms with Crippen molar-refractivity contribution in [2.75, 3.05) is 19.8 Å². The lowest BCUT2D eigenvalue weighted by atomic mass is 9.82. The number of nitrogens with one attached hydrogen (secondary N) is 1. The fourth-order valence-electron chi connectivity index (χ4n) is 2.16. The average Bonchev–Trinajstić information content (AvgIpc) is 2.32. The van der Waals surface area contributed by atoms with Crippen LogP contribution in [0.5, 0.6) is 5.75 Å². The lowest BCUT2D eigenvalue weighted by Crippen LogP contribution is -2.36. The highest BCUT2D eigenvalue weighted by atomic mass is 16.5. The molecule has 1 aromatic rings. The summed E-state index contributed by atoms with van der Waals surface area (Å²) in [7, 11) is 0. The van der Waals surface area contributed by atoms with Crippen molar-refractivity contribution in [2.45, 2.75) is 26.3 Å². The van der Waals surface area contributed by atoms with Crippen LogP contribution < -0.4 is 5.32 Å². The number of ether oxygens (including phenoxy) is 1. The van der Waals surface area contributed by atoms with Gasteiger partial charge in [0.2, 0.25) is 0 Å². The Bertz CT molecular complexity index is 342. The molecule has 0 aromatic heterocycles. The van der Waals surface area contributed by atoms with Gasteiger partial charge in [0.1, 0.15) is 5.75 Å². The van der Waals surface area contributed by atoms with Crippen LogP contribution in [0.4, 0.5) is 0 Å². The van der Waals surface area contributed by atoms with E-state index in [1.165, 1.54) is 5.56 Å². The van der Waals surface area contributed by atoms with E-state index < -0.39 is 0 Å². The first kappa shape index (κ1) is 12.4. The van der Waals surface area contributed by atoms with Gasteiger partial charge in [0.05, 0.1) is 0 Å². The summed E-state index contributed by atoms with van der Waals surface area (Å²) in [6.45, 7) is 5.97. The van der Waals surface area contributed by atoms with Gasteiger partial charge in [-0.2, -0.15) is 0 Å². The fourth-order valence-corrected chi connectivity index (χ4v) is 2.16. The van der Waals surface area contributed by atoms with E-state index in [2.05, 4.69) is 12.2 Å². The zero-order valence-electron chi connectivity index (χ0n) is 10.4. The van der Waals surface area contributed by atoms with Crippen LogP contribution in [0.15, 0.2) is 24.3 Å². The molecule has 1 heterocycles. The summed E-state index contributed by atoms with van der Waals surface area (Å²) in [4.78, 5) is 0. The number of rotatable bonds is 4. The van der Waals surface area contributed by atoms with Crippen molar-refractivity contribution >= 4 is 0 Å². The van der Waals surface area contributed by atoms with Crippen molar-refractivity contribution in [3.63, 3.8) is 0 Å². The molecule has 0 spiro atoms. The second-order valence-electron chi connectivity index (χ2n) is 5.19. The molecule has 0 unspecified atom stereocenters. The van der Waals surface area contributed by atoms with E-state index in [1.807, 2.05) is 12.1 Å². The lowest BCUT2D eigenvalue weighted by Gasteiger charge is -2.33. The van der Waals surface area contributed by atoms with Crippen LogP contribution in [0.2, 0.25) is 0 Å². The largest absolute Gasteiger partial charge is 0.508 e. The standard InChI is InChI=1S/C14H21NO2/c1-14(6-8-17-9-7-14)11-15-10-12-2-4-13(16)5-3-12/h2-5,15-16H,6-11H2,1H3. The Kier molecular flexibility index (Phi) is 4.02. The van der Waals surface area contributed by atoms with E-state index >= 15 is 0 Å². The molecule has 1 aliphatic rings. The van der Waals surface area contributed by atoms with Crippen molar-refractivity contribution in [1.82, 2.24) is 5.32 Å².